The van der Waals surface area contributed by atoms with E-state index in [0.717, 1.165) is 31.2 Å². The third-order valence-electron chi connectivity index (χ3n) is 4.17. The van der Waals surface area contributed by atoms with E-state index in [2.05, 4.69) is 26.6 Å². The smallest absolute Gasteiger partial charge is 0.231 e. The number of hydrogen-bond acceptors (Lipinski definition) is 5. The van der Waals surface area contributed by atoms with Crippen molar-refractivity contribution >= 4 is 17.7 Å². The first-order valence-electron chi connectivity index (χ1n) is 7.95. The molecule has 0 unspecified atom stereocenters. The molecule has 3 rings (SSSR count). The fourth-order valence-corrected chi connectivity index (χ4v) is 3.43. The van der Waals surface area contributed by atoms with Gasteiger partial charge in [-0.2, -0.15) is 5.26 Å². The van der Waals surface area contributed by atoms with Crippen molar-refractivity contribution in [2.45, 2.75) is 43.3 Å². The lowest BCUT2D eigenvalue weighted by atomic mass is 10.0. The summed E-state index contributed by atoms with van der Waals surface area (Å²) in [5.74, 6) is 0.738. The first-order valence-corrected chi connectivity index (χ1v) is 8.93. The van der Waals surface area contributed by atoms with E-state index < -0.39 is 5.54 Å². The topological polar surface area (TPSA) is 94.5 Å². The van der Waals surface area contributed by atoms with Crippen molar-refractivity contribution in [1.82, 2.24) is 20.5 Å². The van der Waals surface area contributed by atoms with Crippen LogP contribution in [0.4, 0.5) is 0 Å². The third kappa shape index (κ3) is 3.77. The minimum atomic E-state index is -0.677. The number of nitrogens with zero attached hydrogens (tertiary/aromatic N) is 3. The molecule has 1 aliphatic carbocycles. The minimum Gasteiger partial charge on any atom is -0.337 e. The van der Waals surface area contributed by atoms with Crippen LogP contribution in [0.2, 0.25) is 0 Å². The number of carbonyl (C=O) groups excluding carboxylic acids is 1. The number of thioether (sulfide) groups is 1. The average molecular weight is 341 g/mol. The summed E-state index contributed by atoms with van der Waals surface area (Å²) in [6.45, 7) is 2.03. The first kappa shape index (κ1) is 16.5. The van der Waals surface area contributed by atoms with Gasteiger partial charge in [-0.3, -0.25) is 9.89 Å². The Kier molecular flexibility index (Phi) is 4.86. The number of aromatic nitrogens is 3. The van der Waals surface area contributed by atoms with Gasteiger partial charge in [0.25, 0.3) is 0 Å². The normalized spacial score (nSPS) is 15.8. The number of nitriles is 1. The summed E-state index contributed by atoms with van der Waals surface area (Å²) in [6.07, 6.45) is 3.44. The van der Waals surface area contributed by atoms with Gasteiger partial charge < -0.3 is 5.32 Å². The number of carbonyl (C=O) groups is 1. The van der Waals surface area contributed by atoms with Crippen LogP contribution in [0.1, 0.15) is 31.2 Å². The van der Waals surface area contributed by atoms with E-state index in [0.29, 0.717) is 11.0 Å². The molecule has 2 N–H and O–H groups in total. The zero-order valence-corrected chi connectivity index (χ0v) is 14.3. The molecule has 0 atom stereocenters. The second-order valence-corrected chi connectivity index (χ2v) is 7.01. The molecular weight excluding hydrogens is 322 g/mol. The largest absolute Gasteiger partial charge is 0.337 e. The molecule has 0 aliphatic heterocycles. The van der Waals surface area contributed by atoms with Gasteiger partial charge in [0.1, 0.15) is 5.54 Å². The van der Waals surface area contributed by atoms with E-state index in [9.17, 15) is 10.1 Å². The van der Waals surface area contributed by atoms with Crippen LogP contribution in [-0.4, -0.2) is 32.4 Å². The van der Waals surface area contributed by atoms with E-state index in [-0.39, 0.29) is 11.7 Å². The molecule has 0 saturated heterocycles. The number of benzene rings is 1. The van der Waals surface area contributed by atoms with E-state index >= 15 is 0 Å². The summed E-state index contributed by atoms with van der Waals surface area (Å²) in [4.78, 5) is 16.5. The molecule has 1 amide bonds. The molecule has 1 heterocycles. The van der Waals surface area contributed by atoms with Gasteiger partial charge in [0, 0.05) is 5.56 Å². The minimum absolute atomic E-state index is 0.148. The molecule has 0 radical (unpaired) electrons. The highest BCUT2D eigenvalue weighted by Crippen LogP contribution is 2.29. The Morgan fingerprint density at radius 3 is 2.75 bits per heavy atom. The van der Waals surface area contributed by atoms with Crippen molar-refractivity contribution in [2.75, 3.05) is 5.75 Å². The van der Waals surface area contributed by atoms with Gasteiger partial charge >= 0.3 is 0 Å². The van der Waals surface area contributed by atoms with Gasteiger partial charge in [0.05, 0.1) is 11.8 Å². The summed E-state index contributed by atoms with van der Waals surface area (Å²) >= 11 is 1.26. The third-order valence-corrected chi connectivity index (χ3v) is 5.02. The van der Waals surface area contributed by atoms with Crippen LogP contribution < -0.4 is 5.32 Å². The Hall–Kier alpha value is -2.33. The Balaban J connectivity index is 1.56. The second-order valence-electron chi connectivity index (χ2n) is 6.07. The lowest BCUT2D eigenvalue weighted by Crippen LogP contribution is -2.45. The van der Waals surface area contributed by atoms with Crippen molar-refractivity contribution in [1.29, 1.82) is 5.26 Å². The molecule has 0 spiro atoms. The fourth-order valence-electron chi connectivity index (χ4n) is 2.83. The SMILES string of the molecule is Cc1ccc(-c2nc(SCC(=O)NC3(C#N)CCCC3)n[nH]2)cc1. The van der Waals surface area contributed by atoms with Crippen LogP contribution in [0.15, 0.2) is 29.4 Å². The molecule has 124 valence electrons. The molecule has 1 fully saturated rings. The average Bonchev–Trinajstić information content (AvgIpc) is 3.24. The number of H-pyrrole nitrogens is 1. The first-order chi connectivity index (χ1) is 11.6. The molecule has 7 heteroatoms. The standard InChI is InChI=1S/C17H19N5OS/c1-12-4-6-13(7-5-12)15-19-16(22-21-15)24-10-14(23)20-17(11-18)8-2-3-9-17/h4-7H,2-3,8-10H2,1H3,(H,20,23)(H,19,21,22). The predicted molar refractivity (Wildman–Crippen MR) is 92.2 cm³/mol. The highest BCUT2D eigenvalue weighted by molar-refractivity contribution is 7.99. The zero-order chi connectivity index (χ0) is 17.0. The lowest BCUT2D eigenvalue weighted by molar-refractivity contribution is -0.119. The van der Waals surface area contributed by atoms with Gasteiger partial charge in [-0.15, -0.1) is 5.10 Å². The summed E-state index contributed by atoms with van der Waals surface area (Å²) < 4.78 is 0. The molecule has 0 bridgehead atoms. The monoisotopic (exact) mass is 341 g/mol. The van der Waals surface area contributed by atoms with E-state index in [1.54, 1.807) is 0 Å². The van der Waals surface area contributed by atoms with E-state index in [1.807, 2.05) is 31.2 Å². The number of rotatable bonds is 5. The maximum atomic E-state index is 12.1. The van der Waals surface area contributed by atoms with Crippen molar-refractivity contribution in [3.63, 3.8) is 0 Å². The highest BCUT2D eigenvalue weighted by atomic mass is 32.2. The Bertz CT molecular complexity index is 756. The molecule has 6 nitrogen and oxygen atoms in total. The number of aromatic amines is 1. The molecule has 1 aliphatic rings. The van der Waals surface area contributed by atoms with Crippen LogP contribution in [0.3, 0.4) is 0 Å². The summed E-state index contributed by atoms with van der Waals surface area (Å²) in [6, 6.07) is 10.2. The van der Waals surface area contributed by atoms with Gasteiger partial charge in [-0.25, -0.2) is 4.98 Å². The lowest BCUT2D eigenvalue weighted by Gasteiger charge is -2.21. The van der Waals surface area contributed by atoms with Crippen molar-refractivity contribution in [3.05, 3.63) is 29.8 Å². The van der Waals surface area contributed by atoms with Crippen LogP contribution >= 0.6 is 11.8 Å². The Morgan fingerprint density at radius 2 is 2.08 bits per heavy atom. The van der Waals surface area contributed by atoms with Crippen molar-refractivity contribution in [2.24, 2.45) is 0 Å². The highest BCUT2D eigenvalue weighted by Gasteiger charge is 2.35. The van der Waals surface area contributed by atoms with Crippen LogP contribution in [0.25, 0.3) is 11.4 Å². The molecule has 1 aromatic carbocycles. The van der Waals surface area contributed by atoms with Gasteiger partial charge in [0.2, 0.25) is 11.1 Å². The molecule has 2 aromatic rings. The predicted octanol–water partition coefficient (Wildman–Crippen LogP) is 2.82. The fraction of sp³-hybridized carbons (Fsp3) is 0.412. The Morgan fingerprint density at radius 1 is 1.38 bits per heavy atom. The van der Waals surface area contributed by atoms with Gasteiger partial charge in [-0.05, 0) is 32.6 Å². The van der Waals surface area contributed by atoms with Crippen molar-refractivity contribution in [3.8, 4) is 17.5 Å². The van der Waals surface area contributed by atoms with Gasteiger partial charge in [0.15, 0.2) is 5.82 Å². The van der Waals surface area contributed by atoms with Crippen molar-refractivity contribution < 1.29 is 4.79 Å². The number of nitrogens with one attached hydrogen (secondary N) is 2. The van der Waals surface area contributed by atoms with E-state index in [1.165, 1.54) is 17.3 Å². The Labute approximate surface area is 145 Å². The number of aryl methyl sites for hydroxylation is 1. The number of amides is 1. The van der Waals surface area contributed by atoms with Crippen LogP contribution in [-0.2, 0) is 4.79 Å². The molecular formula is C17H19N5OS. The van der Waals surface area contributed by atoms with E-state index in [4.69, 9.17) is 0 Å². The van der Waals surface area contributed by atoms with Gasteiger partial charge in [-0.1, -0.05) is 41.6 Å². The summed E-state index contributed by atoms with van der Waals surface area (Å²) in [7, 11) is 0. The quantitative estimate of drug-likeness (QED) is 0.816. The van der Waals surface area contributed by atoms with Crippen LogP contribution in [0.5, 0.6) is 0 Å². The summed E-state index contributed by atoms with van der Waals surface area (Å²) in [5.41, 5.74) is 1.46. The maximum Gasteiger partial charge on any atom is 0.231 e. The molecule has 1 saturated carbocycles. The number of hydrogen-bond donors (Lipinski definition) is 2. The van der Waals surface area contributed by atoms with Crippen LogP contribution in [0, 0.1) is 18.3 Å². The second kappa shape index (κ2) is 7.05. The zero-order valence-electron chi connectivity index (χ0n) is 13.5. The maximum absolute atomic E-state index is 12.1. The summed E-state index contributed by atoms with van der Waals surface area (Å²) in [5, 5.41) is 19.7. The molecule has 1 aromatic heterocycles. The molecule has 24 heavy (non-hydrogen) atoms.